The maximum absolute atomic E-state index is 15.0. The van der Waals surface area contributed by atoms with Crippen LogP contribution in [0, 0.1) is 11.6 Å². The minimum absolute atomic E-state index is 0.0524. The van der Waals surface area contributed by atoms with Gasteiger partial charge in [-0.05, 0) is 18.6 Å². The van der Waals surface area contributed by atoms with Crippen molar-refractivity contribution in [2.45, 2.75) is 25.4 Å². The molecule has 1 atom stereocenters. The minimum Gasteiger partial charge on any atom is -0.444 e. The lowest BCUT2D eigenvalue weighted by atomic mass is 10.1. The van der Waals surface area contributed by atoms with Gasteiger partial charge in [-0.25, -0.2) is 22.4 Å². The van der Waals surface area contributed by atoms with Crippen molar-refractivity contribution >= 4 is 28.9 Å². The Morgan fingerprint density at radius 2 is 1.74 bits per heavy atom. The Bertz CT molecular complexity index is 1020. The number of hydrogen-bond donors (Lipinski definition) is 0. The molecule has 0 spiro atoms. The van der Waals surface area contributed by atoms with Crippen LogP contribution in [0.1, 0.15) is 12.8 Å². The third-order valence-corrected chi connectivity index (χ3v) is 5.69. The summed E-state index contributed by atoms with van der Waals surface area (Å²) < 4.78 is 59.9. The topological polar surface area (TPSA) is 62.3 Å². The van der Waals surface area contributed by atoms with Crippen LogP contribution in [-0.4, -0.2) is 57.2 Å². The van der Waals surface area contributed by atoms with Gasteiger partial charge in [-0.3, -0.25) is 19.6 Å². The lowest BCUT2D eigenvalue weighted by Gasteiger charge is -2.25. The predicted octanol–water partition coefficient (Wildman–Crippen LogP) is 4.16. The monoisotopic (exact) mass is 481 g/mol. The van der Waals surface area contributed by atoms with Crippen LogP contribution in [0.5, 0.6) is 0 Å². The van der Waals surface area contributed by atoms with Crippen molar-refractivity contribution in [2.24, 2.45) is 0 Å². The number of Topliss-reactive ketones (excluding diaryl/α,β-unsaturated/α-hetero) is 1. The molecule has 0 saturated carbocycles. The van der Waals surface area contributed by atoms with Crippen LogP contribution in [0.4, 0.5) is 39.4 Å². The number of halogens is 4. The zero-order valence-electron chi connectivity index (χ0n) is 18.1. The van der Waals surface area contributed by atoms with Crippen molar-refractivity contribution in [3.8, 4) is 0 Å². The van der Waals surface area contributed by atoms with E-state index in [-0.39, 0.29) is 37.5 Å². The summed E-state index contributed by atoms with van der Waals surface area (Å²) in [6.07, 6.45) is -5.33. The summed E-state index contributed by atoms with van der Waals surface area (Å²) in [7, 11) is 0. The van der Waals surface area contributed by atoms with E-state index in [0.717, 1.165) is 22.7 Å². The number of carbonyl (C=O) groups excluding carboxylic acids is 2. The molecule has 2 aliphatic rings. The number of ether oxygens (including phenoxy) is 1. The summed E-state index contributed by atoms with van der Waals surface area (Å²) >= 11 is 0. The van der Waals surface area contributed by atoms with E-state index in [2.05, 4.69) is 0 Å². The molecule has 2 saturated heterocycles. The lowest BCUT2D eigenvalue weighted by molar-refractivity contribution is -0.129. The Balaban J connectivity index is 1.44. The SMILES string of the molecule is O=C(CC[C@H]1CN(c2cc(F)c(N3CCON(c4ccccc4)CC3)c(F)c2)C(=O)O1)C(F)F. The van der Waals surface area contributed by atoms with E-state index in [1.165, 1.54) is 0 Å². The normalized spacial score (nSPS) is 18.9. The molecule has 4 rings (SSSR count). The van der Waals surface area contributed by atoms with E-state index >= 15 is 8.78 Å². The van der Waals surface area contributed by atoms with Gasteiger partial charge in [-0.2, -0.15) is 0 Å². The van der Waals surface area contributed by atoms with E-state index in [4.69, 9.17) is 9.57 Å². The second-order valence-electron chi connectivity index (χ2n) is 7.94. The van der Waals surface area contributed by atoms with Gasteiger partial charge < -0.3 is 9.64 Å². The van der Waals surface area contributed by atoms with Gasteiger partial charge in [0.1, 0.15) is 11.8 Å². The highest BCUT2D eigenvalue weighted by Gasteiger charge is 2.34. The summed E-state index contributed by atoms with van der Waals surface area (Å²) in [5.74, 6) is -2.96. The summed E-state index contributed by atoms with van der Waals surface area (Å²) in [6.45, 7) is 1.04. The fourth-order valence-electron chi connectivity index (χ4n) is 3.98. The number of carbonyl (C=O) groups is 2. The molecule has 0 bridgehead atoms. The average Bonchev–Trinajstić information content (AvgIpc) is 3.02. The minimum atomic E-state index is -3.09. The van der Waals surface area contributed by atoms with E-state index in [1.807, 2.05) is 30.3 Å². The summed E-state index contributed by atoms with van der Waals surface area (Å²) in [5.41, 5.74) is 0.551. The van der Waals surface area contributed by atoms with Crippen LogP contribution in [-0.2, 0) is 14.4 Å². The number of ketones is 1. The molecule has 2 aliphatic heterocycles. The number of rotatable bonds is 7. The first-order chi connectivity index (χ1) is 16.3. The number of hydrogen-bond acceptors (Lipinski definition) is 6. The number of alkyl halides is 2. The predicted molar refractivity (Wildman–Crippen MR) is 116 cm³/mol. The zero-order chi connectivity index (χ0) is 24.2. The number of para-hydroxylation sites is 1. The summed E-state index contributed by atoms with van der Waals surface area (Å²) in [4.78, 5) is 31.6. The van der Waals surface area contributed by atoms with Crippen LogP contribution in [0.2, 0.25) is 0 Å². The molecule has 34 heavy (non-hydrogen) atoms. The molecule has 2 heterocycles. The quantitative estimate of drug-likeness (QED) is 0.554. The molecule has 182 valence electrons. The third kappa shape index (κ3) is 5.24. The third-order valence-electron chi connectivity index (χ3n) is 5.69. The van der Waals surface area contributed by atoms with Gasteiger partial charge in [-0.15, -0.1) is 0 Å². The van der Waals surface area contributed by atoms with Gasteiger partial charge in [0.2, 0.25) is 0 Å². The van der Waals surface area contributed by atoms with Crippen molar-refractivity contribution in [3.05, 3.63) is 54.1 Å². The van der Waals surface area contributed by atoms with Gasteiger partial charge in [0.25, 0.3) is 6.43 Å². The van der Waals surface area contributed by atoms with Crippen molar-refractivity contribution in [3.63, 3.8) is 0 Å². The van der Waals surface area contributed by atoms with E-state index < -0.39 is 42.5 Å². The molecule has 0 unspecified atom stereocenters. The first-order valence-corrected chi connectivity index (χ1v) is 10.8. The summed E-state index contributed by atoms with van der Waals surface area (Å²) in [5, 5.41) is 1.67. The molecule has 2 aromatic carbocycles. The van der Waals surface area contributed by atoms with Crippen molar-refractivity contribution < 1.29 is 36.7 Å². The number of amides is 1. The molecule has 0 aliphatic carbocycles. The van der Waals surface area contributed by atoms with Gasteiger partial charge in [0, 0.05) is 31.6 Å². The molecule has 0 radical (unpaired) electrons. The van der Waals surface area contributed by atoms with Gasteiger partial charge in [0.15, 0.2) is 17.4 Å². The van der Waals surface area contributed by atoms with Crippen LogP contribution >= 0.6 is 0 Å². The zero-order valence-corrected chi connectivity index (χ0v) is 18.1. The average molecular weight is 481 g/mol. The van der Waals surface area contributed by atoms with E-state index in [9.17, 15) is 18.4 Å². The first-order valence-electron chi connectivity index (χ1n) is 10.8. The Morgan fingerprint density at radius 3 is 2.41 bits per heavy atom. The number of anilines is 3. The largest absolute Gasteiger partial charge is 0.444 e. The van der Waals surface area contributed by atoms with Crippen molar-refractivity contribution in [1.82, 2.24) is 0 Å². The van der Waals surface area contributed by atoms with E-state index in [1.54, 1.807) is 9.96 Å². The molecule has 2 aromatic rings. The number of nitrogens with zero attached hydrogens (tertiary/aromatic N) is 3. The molecule has 2 fully saturated rings. The van der Waals surface area contributed by atoms with Gasteiger partial charge in [0.05, 0.1) is 31.1 Å². The second kappa shape index (κ2) is 10.3. The summed E-state index contributed by atoms with van der Waals surface area (Å²) in [6, 6.07) is 11.4. The maximum Gasteiger partial charge on any atom is 0.414 e. The van der Waals surface area contributed by atoms with Crippen LogP contribution in [0.15, 0.2) is 42.5 Å². The van der Waals surface area contributed by atoms with Crippen LogP contribution in [0.3, 0.4) is 0 Å². The fraction of sp³-hybridized carbons (Fsp3) is 0.391. The molecule has 1 amide bonds. The van der Waals surface area contributed by atoms with Crippen LogP contribution in [0.25, 0.3) is 0 Å². The van der Waals surface area contributed by atoms with Gasteiger partial charge in [-0.1, -0.05) is 18.2 Å². The molecular formula is C23H23F4N3O4. The highest BCUT2D eigenvalue weighted by molar-refractivity contribution is 5.90. The van der Waals surface area contributed by atoms with Gasteiger partial charge >= 0.3 is 6.09 Å². The lowest BCUT2D eigenvalue weighted by Crippen LogP contribution is -2.32. The smallest absolute Gasteiger partial charge is 0.414 e. The first kappa shape index (κ1) is 23.8. The Kier molecular flexibility index (Phi) is 7.20. The number of benzene rings is 2. The number of hydroxylamine groups is 1. The Hall–Kier alpha value is -3.34. The Morgan fingerprint density at radius 1 is 1.03 bits per heavy atom. The molecule has 11 heteroatoms. The highest BCUT2D eigenvalue weighted by Crippen LogP contribution is 2.32. The number of cyclic esters (lactones) is 1. The maximum atomic E-state index is 15.0. The highest BCUT2D eigenvalue weighted by atomic mass is 19.3. The Labute approximate surface area is 193 Å². The molecule has 0 N–H and O–H groups in total. The standard InChI is InChI=1S/C23H23F4N3O4/c24-18-12-16(29-14-17(34-23(29)32)6-7-20(31)22(26)27)13-19(25)21(18)28-8-9-30(33-11-10-28)15-4-2-1-3-5-15/h1-5,12-13,17,22H,6-11,14H2/t17-/m0/s1. The van der Waals surface area contributed by atoms with Crippen molar-refractivity contribution in [2.75, 3.05) is 47.6 Å². The van der Waals surface area contributed by atoms with E-state index in [0.29, 0.717) is 13.1 Å². The van der Waals surface area contributed by atoms with Crippen molar-refractivity contribution in [1.29, 1.82) is 0 Å². The fourth-order valence-corrected chi connectivity index (χ4v) is 3.98. The van der Waals surface area contributed by atoms with Crippen LogP contribution < -0.4 is 14.9 Å². The molecular weight excluding hydrogens is 458 g/mol. The molecule has 7 nitrogen and oxygen atoms in total. The second-order valence-corrected chi connectivity index (χ2v) is 7.94. The molecule has 0 aromatic heterocycles.